The number of nitrogens with zero attached hydrogens (tertiary/aromatic N) is 1. The molecule has 2 heterocycles. The molecule has 4 heteroatoms. The van der Waals surface area contributed by atoms with Crippen molar-refractivity contribution in [3.8, 4) is 0 Å². The summed E-state index contributed by atoms with van der Waals surface area (Å²) in [5, 5.41) is 6.79. The van der Waals surface area contributed by atoms with Crippen molar-refractivity contribution in [3.05, 3.63) is 18.5 Å². The molecule has 2 rings (SSSR count). The van der Waals surface area contributed by atoms with Crippen LogP contribution in [-0.2, 0) is 4.74 Å². The number of ether oxygens (including phenoxy) is 1. The van der Waals surface area contributed by atoms with Gasteiger partial charge in [-0.2, -0.15) is 0 Å². The predicted molar refractivity (Wildman–Crippen MR) is 70.5 cm³/mol. The molecule has 0 radical (unpaired) electrons. The van der Waals surface area contributed by atoms with Gasteiger partial charge in [-0.05, 0) is 32.8 Å². The molecule has 94 valence electrons. The van der Waals surface area contributed by atoms with E-state index in [1.54, 1.807) is 0 Å². The largest absolute Gasteiger partial charge is 0.384 e. The van der Waals surface area contributed by atoms with E-state index in [-0.39, 0.29) is 5.54 Å². The topological polar surface area (TPSA) is 46.2 Å². The van der Waals surface area contributed by atoms with Gasteiger partial charge in [0.05, 0.1) is 35.9 Å². The lowest BCUT2D eigenvalue weighted by Crippen LogP contribution is -2.43. The van der Waals surface area contributed by atoms with Crippen molar-refractivity contribution in [2.45, 2.75) is 32.2 Å². The van der Waals surface area contributed by atoms with Crippen molar-refractivity contribution in [2.24, 2.45) is 0 Å². The van der Waals surface area contributed by atoms with Crippen LogP contribution in [0.3, 0.4) is 0 Å². The van der Waals surface area contributed by atoms with Crippen LogP contribution in [0.25, 0.3) is 0 Å². The molecular weight excluding hydrogens is 214 g/mol. The quantitative estimate of drug-likeness (QED) is 0.841. The lowest BCUT2D eigenvalue weighted by molar-refractivity contribution is 0.0540. The minimum Gasteiger partial charge on any atom is -0.384 e. The second-order valence-corrected chi connectivity index (χ2v) is 4.83. The lowest BCUT2D eigenvalue weighted by atomic mass is 9.94. The van der Waals surface area contributed by atoms with Crippen LogP contribution in [-0.4, -0.2) is 30.3 Å². The molecule has 1 aromatic heterocycles. The van der Waals surface area contributed by atoms with E-state index in [9.17, 15) is 0 Å². The van der Waals surface area contributed by atoms with Crippen LogP contribution in [0.15, 0.2) is 18.5 Å². The summed E-state index contributed by atoms with van der Waals surface area (Å²) < 4.78 is 5.54. The Morgan fingerprint density at radius 1 is 1.41 bits per heavy atom. The van der Waals surface area contributed by atoms with Gasteiger partial charge >= 0.3 is 0 Å². The molecule has 1 aliphatic heterocycles. The summed E-state index contributed by atoms with van der Waals surface area (Å²) in [6, 6.07) is 2.09. The van der Waals surface area contributed by atoms with Crippen LogP contribution in [0, 0.1) is 0 Å². The van der Waals surface area contributed by atoms with Gasteiger partial charge in [0, 0.05) is 13.2 Å². The van der Waals surface area contributed by atoms with Gasteiger partial charge in [0.15, 0.2) is 0 Å². The van der Waals surface area contributed by atoms with E-state index in [2.05, 4.69) is 35.5 Å². The normalized spacial score (nSPS) is 24.4. The second-order valence-electron chi connectivity index (χ2n) is 4.83. The highest BCUT2D eigenvalue weighted by molar-refractivity contribution is 5.55. The third-order valence-corrected chi connectivity index (χ3v) is 3.00. The maximum atomic E-state index is 5.54. The first-order valence-corrected chi connectivity index (χ1v) is 6.27. The average Bonchev–Trinajstić information content (AvgIpc) is 2.30. The van der Waals surface area contributed by atoms with Crippen molar-refractivity contribution >= 4 is 11.4 Å². The lowest BCUT2D eigenvalue weighted by Gasteiger charge is -2.35. The molecule has 1 atom stereocenters. The van der Waals surface area contributed by atoms with Crippen LogP contribution in [0.4, 0.5) is 11.4 Å². The first-order valence-electron chi connectivity index (χ1n) is 6.27. The minimum atomic E-state index is 0.0325. The molecule has 1 unspecified atom stereocenters. The van der Waals surface area contributed by atoms with E-state index < -0.39 is 0 Å². The number of pyridine rings is 1. The zero-order valence-electron chi connectivity index (χ0n) is 10.6. The summed E-state index contributed by atoms with van der Waals surface area (Å²) in [6.45, 7) is 6.83. The summed E-state index contributed by atoms with van der Waals surface area (Å²) in [5.74, 6) is 0. The molecule has 2 N–H and O–H groups in total. The highest BCUT2D eigenvalue weighted by Crippen LogP contribution is 2.24. The van der Waals surface area contributed by atoms with Crippen LogP contribution in [0.1, 0.15) is 26.7 Å². The monoisotopic (exact) mass is 235 g/mol. The van der Waals surface area contributed by atoms with Gasteiger partial charge in [-0.15, -0.1) is 0 Å². The summed E-state index contributed by atoms with van der Waals surface area (Å²) in [6.07, 6.45) is 5.96. The smallest absolute Gasteiger partial charge is 0.0693 e. The fourth-order valence-electron chi connectivity index (χ4n) is 2.19. The Balaban J connectivity index is 2.04. The van der Waals surface area contributed by atoms with Gasteiger partial charge in [-0.1, -0.05) is 0 Å². The Hall–Kier alpha value is -1.29. The zero-order chi connectivity index (χ0) is 12.1. The molecule has 1 aliphatic rings. The van der Waals surface area contributed by atoms with Crippen LogP contribution in [0.2, 0.25) is 0 Å². The molecule has 0 aromatic carbocycles. The summed E-state index contributed by atoms with van der Waals surface area (Å²) in [5.41, 5.74) is 2.14. The van der Waals surface area contributed by atoms with Gasteiger partial charge in [0.25, 0.3) is 0 Å². The van der Waals surface area contributed by atoms with Gasteiger partial charge < -0.3 is 15.4 Å². The number of aromatic nitrogens is 1. The van der Waals surface area contributed by atoms with Gasteiger partial charge in [0.2, 0.25) is 0 Å². The second kappa shape index (κ2) is 5.36. The fourth-order valence-corrected chi connectivity index (χ4v) is 2.19. The van der Waals surface area contributed by atoms with Gasteiger partial charge in [0.1, 0.15) is 0 Å². The van der Waals surface area contributed by atoms with E-state index in [4.69, 9.17) is 4.74 Å². The standard InChI is InChI=1S/C13H21N3O/c1-3-15-11-7-12(9-14-8-11)16-13(2)5-4-6-17-10-13/h7-9,15-16H,3-6,10H2,1-2H3. The van der Waals surface area contributed by atoms with Crippen LogP contribution >= 0.6 is 0 Å². The molecule has 1 saturated heterocycles. The Bertz CT molecular complexity index is 361. The first-order chi connectivity index (χ1) is 8.22. The van der Waals surface area contributed by atoms with Gasteiger partial charge in [-0.25, -0.2) is 0 Å². The number of nitrogens with one attached hydrogen (secondary N) is 2. The minimum absolute atomic E-state index is 0.0325. The molecule has 0 spiro atoms. The SMILES string of the molecule is CCNc1cncc(NC2(C)CCCOC2)c1. The molecule has 0 aliphatic carbocycles. The predicted octanol–water partition coefficient (Wildman–Crippen LogP) is 2.49. The highest BCUT2D eigenvalue weighted by Gasteiger charge is 2.27. The number of hydrogen-bond acceptors (Lipinski definition) is 4. The van der Waals surface area contributed by atoms with Crippen LogP contribution < -0.4 is 10.6 Å². The summed E-state index contributed by atoms with van der Waals surface area (Å²) >= 11 is 0. The number of anilines is 2. The molecule has 0 saturated carbocycles. The van der Waals surface area contributed by atoms with E-state index in [0.29, 0.717) is 0 Å². The number of rotatable bonds is 4. The molecule has 17 heavy (non-hydrogen) atoms. The average molecular weight is 235 g/mol. The highest BCUT2D eigenvalue weighted by atomic mass is 16.5. The Kier molecular flexibility index (Phi) is 3.84. The van der Waals surface area contributed by atoms with E-state index in [1.807, 2.05) is 12.4 Å². The molecular formula is C13H21N3O. The summed E-state index contributed by atoms with van der Waals surface area (Å²) in [4.78, 5) is 4.23. The zero-order valence-corrected chi connectivity index (χ0v) is 10.6. The maximum Gasteiger partial charge on any atom is 0.0693 e. The summed E-state index contributed by atoms with van der Waals surface area (Å²) in [7, 11) is 0. The third kappa shape index (κ3) is 3.33. The van der Waals surface area contributed by atoms with Crippen molar-refractivity contribution in [1.82, 2.24) is 4.98 Å². The van der Waals surface area contributed by atoms with Crippen molar-refractivity contribution in [1.29, 1.82) is 0 Å². The third-order valence-electron chi connectivity index (χ3n) is 3.00. The van der Waals surface area contributed by atoms with Crippen molar-refractivity contribution in [3.63, 3.8) is 0 Å². The molecule has 0 bridgehead atoms. The molecule has 0 amide bonds. The molecule has 4 nitrogen and oxygen atoms in total. The number of hydrogen-bond donors (Lipinski definition) is 2. The van der Waals surface area contributed by atoms with E-state index in [0.717, 1.165) is 44.0 Å². The maximum absolute atomic E-state index is 5.54. The van der Waals surface area contributed by atoms with Gasteiger partial charge in [-0.3, -0.25) is 4.98 Å². The van der Waals surface area contributed by atoms with E-state index >= 15 is 0 Å². The fraction of sp³-hybridized carbons (Fsp3) is 0.615. The Morgan fingerprint density at radius 3 is 2.94 bits per heavy atom. The van der Waals surface area contributed by atoms with Crippen LogP contribution in [0.5, 0.6) is 0 Å². The Morgan fingerprint density at radius 2 is 2.24 bits per heavy atom. The van der Waals surface area contributed by atoms with Crippen molar-refractivity contribution < 1.29 is 4.74 Å². The molecule has 1 aromatic rings. The molecule has 1 fully saturated rings. The Labute approximate surface area is 103 Å². The van der Waals surface area contributed by atoms with Crippen molar-refractivity contribution in [2.75, 3.05) is 30.4 Å². The first kappa shape index (κ1) is 12.2. The van der Waals surface area contributed by atoms with E-state index in [1.165, 1.54) is 0 Å².